The Morgan fingerprint density at radius 3 is 2.78 bits per heavy atom. The second kappa shape index (κ2) is 9.18. The number of aromatic carboxylic acids is 1. The minimum absolute atomic E-state index is 0.0234. The van der Waals surface area contributed by atoms with E-state index < -0.39 is 5.97 Å². The summed E-state index contributed by atoms with van der Waals surface area (Å²) in [5.74, 6) is -0.402. The normalized spacial score (nSPS) is 15.8. The topological polar surface area (TPSA) is 99.6 Å². The molecule has 0 bridgehead atoms. The van der Waals surface area contributed by atoms with E-state index in [0.29, 0.717) is 43.7 Å². The number of amides is 2. The van der Waals surface area contributed by atoms with Gasteiger partial charge >= 0.3 is 5.97 Å². The van der Waals surface area contributed by atoms with Crippen molar-refractivity contribution < 1.29 is 19.5 Å². The van der Waals surface area contributed by atoms with Crippen LogP contribution in [0.25, 0.3) is 11.6 Å². The lowest BCUT2D eigenvalue weighted by Gasteiger charge is -2.26. The molecule has 0 fully saturated rings. The van der Waals surface area contributed by atoms with Crippen LogP contribution in [0.3, 0.4) is 0 Å². The van der Waals surface area contributed by atoms with Crippen molar-refractivity contribution in [2.75, 3.05) is 18.4 Å². The van der Waals surface area contributed by atoms with Crippen LogP contribution in [0.4, 0.5) is 5.82 Å². The van der Waals surface area contributed by atoms with Gasteiger partial charge in [0.2, 0.25) is 11.8 Å². The fourth-order valence-corrected chi connectivity index (χ4v) is 4.06. The van der Waals surface area contributed by atoms with Crippen LogP contribution in [0, 0.1) is 0 Å². The van der Waals surface area contributed by atoms with Gasteiger partial charge < -0.3 is 15.3 Å². The first-order chi connectivity index (χ1) is 15.4. The Morgan fingerprint density at radius 1 is 1.22 bits per heavy atom. The highest BCUT2D eigenvalue weighted by molar-refractivity contribution is 5.94. The number of carbonyl (C=O) groups is 3. The first-order valence-corrected chi connectivity index (χ1v) is 10.8. The maximum absolute atomic E-state index is 12.6. The molecule has 7 nitrogen and oxygen atoms in total. The summed E-state index contributed by atoms with van der Waals surface area (Å²) in [6, 6.07) is 7.40. The zero-order valence-corrected chi connectivity index (χ0v) is 17.9. The number of aryl methyl sites for hydroxylation is 2. The number of hydrogen-bond donors (Lipinski definition) is 2. The van der Waals surface area contributed by atoms with E-state index in [1.54, 1.807) is 29.3 Å². The lowest BCUT2D eigenvalue weighted by Crippen LogP contribution is -2.33. The molecule has 0 unspecified atom stereocenters. The van der Waals surface area contributed by atoms with Crippen molar-refractivity contribution in [3.63, 3.8) is 0 Å². The highest BCUT2D eigenvalue weighted by Crippen LogP contribution is 2.26. The summed E-state index contributed by atoms with van der Waals surface area (Å²) in [5, 5.41) is 12.1. The average Bonchev–Trinajstić information content (AvgIpc) is 2.82. The van der Waals surface area contributed by atoms with Crippen molar-refractivity contribution >= 4 is 35.3 Å². The van der Waals surface area contributed by atoms with E-state index >= 15 is 0 Å². The standard InChI is InChI=1S/C25H25N3O4/c1-2-17-14-19(4-6-21(17)25(31)32)18-9-11-28(12-10-18)23(30)8-3-16-13-20-5-7-22(29)27-24(20)26-15-16/h3-4,6,8-9,13-15H,2,5,7,10-12H2,1H3,(H,31,32)(H,26,27,29). The Hall–Kier alpha value is -3.74. The maximum atomic E-state index is 12.6. The smallest absolute Gasteiger partial charge is 0.335 e. The number of hydrogen-bond acceptors (Lipinski definition) is 4. The second-order valence-corrected chi connectivity index (χ2v) is 7.95. The van der Waals surface area contributed by atoms with Crippen LogP contribution < -0.4 is 5.32 Å². The van der Waals surface area contributed by atoms with E-state index in [-0.39, 0.29) is 11.8 Å². The summed E-state index contributed by atoms with van der Waals surface area (Å²) >= 11 is 0. The molecule has 0 spiro atoms. The first kappa shape index (κ1) is 21.5. The Morgan fingerprint density at radius 2 is 2.06 bits per heavy atom. The molecule has 164 valence electrons. The summed E-state index contributed by atoms with van der Waals surface area (Å²) in [4.78, 5) is 41.5. The van der Waals surface area contributed by atoms with Crippen molar-refractivity contribution in [3.05, 3.63) is 70.4 Å². The molecule has 3 heterocycles. The molecule has 1 aromatic heterocycles. The Labute approximate surface area is 186 Å². The van der Waals surface area contributed by atoms with Crippen LogP contribution in [-0.4, -0.2) is 45.9 Å². The molecule has 2 amide bonds. The summed E-state index contributed by atoms with van der Waals surface area (Å²) in [5.41, 5.74) is 5.11. The Kier molecular flexibility index (Phi) is 6.16. The molecule has 0 aliphatic carbocycles. The largest absolute Gasteiger partial charge is 0.478 e. The van der Waals surface area contributed by atoms with Gasteiger partial charge in [0.1, 0.15) is 5.82 Å². The molecule has 4 rings (SSSR count). The fourth-order valence-electron chi connectivity index (χ4n) is 4.06. The van der Waals surface area contributed by atoms with Crippen LogP contribution in [-0.2, 0) is 22.4 Å². The molecule has 2 aliphatic heterocycles. The first-order valence-electron chi connectivity index (χ1n) is 10.8. The number of carbonyl (C=O) groups excluding carboxylic acids is 2. The van der Waals surface area contributed by atoms with Gasteiger partial charge in [-0.3, -0.25) is 9.59 Å². The summed E-state index contributed by atoms with van der Waals surface area (Å²) in [6.07, 6.45) is 9.46. The quantitative estimate of drug-likeness (QED) is 0.706. The van der Waals surface area contributed by atoms with Crippen LogP contribution >= 0.6 is 0 Å². The fraction of sp³-hybridized carbons (Fsp3) is 0.280. The second-order valence-electron chi connectivity index (χ2n) is 7.95. The molecular weight excluding hydrogens is 406 g/mol. The van der Waals surface area contributed by atoms with Gasteiger partial charge in [0.15, 0.2) is 0 Å². The molecule has 0 saturated heterocycles. The predicted octanol–water partition coefficient (Wildman–Crippen LogP) is 3.56. The van der Waals surface area contributed by atoms with Crippen LogP contribution in [0.2, 0.25) is 0 Å². The molecule has 1 aromatic carbocycles. The molecule has 0 radical (unpaired) electrons. The Balaban J connectivity index is 1.41. The zero-order chi connectivity index (χ0) is 22.7. The van der Waals surface area contributed by atoms with Gasteiger partial charge in [0.05, 0.1) is 5.56 Å². The van der Waals surface area contributed by atoms with Crippen molar-refractivity contribution in [3.8, 4) is 0 Å². The zero-order valence-electron chi connectivity index (χ0n) is 17.9. The lowest BCUT2D eigenvalue weighted by molar-refractivity contribution is -0.125. The molecule has 32 heavy (non-hydrogen) atoms. The van der Waals surface area contributed by atoms with Gasteiger partial charge in [-0.15, -0.1) is 0 Å². The van der Waals surface area contributed by atoms with Gasteiger partial charge in [-0.25, -0.2) is 9.78 Å². The lowest BCUT2D eigenvalue weighted by atomic mass is 9.94. The number of fused-ring (bicyclic) bond motifs is 1. The number of rotatable bonds is 5. The van der Waals surface area contributed by atoms with Crippen LogP contribution in [0.1, 0.15) is 52.4 Å². The Bertz CT molecular complexity index is 1150. The number of aromatic nitrogens is 1. The molecular formula is C25H25N3O4. The van der Waals surface area contributed by atoms with E-state index in [0.717, 1.165) is 34.2 Å². The number of carboxylic acid groups (broad SMARTS) is 1. The minimum Gasteiger partial charge on any atom is -0.478 e. The van der Waals surface area contributed by atoms with Crippen molar-refractivity contribution in [2.45, 2.75) is 32.6 Å². The number of pyridine rings is 1. The third-order valence-corrected chi connectivity index (χ3v) is 5.89. The van der Waals surface area contributed by atoms with E-state index in [1.807, 2.05) is 31.2 Å². The van der Waals surface area contributed by atoms with Crippen molar-refractivity contribution in [2.24, 2.45) is 0 Å². The minimum atomic E-state index is -0.909. The molecule has 2 N–H and O–H groups in total. The maximum Gasteiger partial charge on any atom is 0.335 e. The predicted molar refractivity (Wildman–Crippen MR) is 122 cm³/mol. The van der Waals surface area contributed by atoms with Gasteiger partial charge in [-0.1, -0.05) is 25.1 Å². The van der Waals surface area contributed by atoms with Crippen LogP contribution in [0.5, 0.6) is 0 Å². The van der Waals surface area contributed by atoms with E-state index in [9.17, 15) is 19.5 Å². The number of carboxylic acids is 1. The number of anilines is 1. The summed E-state index contributed by atoms with van der Waals surface area (Å²) < 4.78 is 0. The molecule has 0 atom stereocenters. The third-order valence-electron chi connectivity index (χ3n) is 5.89. The monoisotopic (exact) mass is 431 g/mol. The molecule has 7 heteroatoms. The number of nitrogens with zero attached hydrogens (tertiary/aromatic N) is 2. The van der Waals surface area contributed by atoms with Gasteiger partial charge in [-0.05, 0) is 65.3 Å². The van der Waals surface area contributed by atoms with E-state index in [2.05, 4.69) is 10.3 Å². The SMILES string of the molecule is CCc1cc(C2=CCN(C(=O)C=Cc3cnc4c(c3)CCC(=O)N4)CC2)ccc1C(=O)O. The van der Waals surface area contributed by atoms with Gasteiger partial charge in [0.25, 0.3) is 0 Å². The van der Waals surface area contributed by atoms with Gasteiger partial charge in [-0.2, -0.15) is 0 Å². The highest BCUT2D eigenvalue weighted by atomic mass is 16.4. The molecule has 2 aliphatic rings. The molecule has 0 saturated carbocycles. The van der Waals surface area contributed by atoms with Crippen molar-refractivity contribution in [1.82, 2.24) is 9.88 Å². The number of benzene rings is 1. The average molecular weight is 431 g/mol. The summed E-state index contributed by atoms with van der Waals surface area (Å²) in [6.45, 7) is 3.06. The van der Waals surface area contributed by atoms with Crippen LogP contribution in [0.15, 0.2) is 42.6 Å². The summed E-state index contributed by atoms with van der Waals surface area (Å²) in [7, 11) is 0. The third kappa shape index (κ3) is 4.61. The van der Waals surface area contributed by atoms with Crippen molar-refractivity contribution in [1.29, 1.82) is 0 Å². The van der Waals surface area contributed by atoms with E-state index in [4.69, 9.17) is 0 Å². The molecule has 2 aromatic rings. The van der Waals surface area contributed by atoms with Gasteiger partial charge in [0, 0.05) is 31.8 Å². The highest BCUT2D eigenvalue weighted by Gasteiger charge is 2.18. The van der Waals surface area contributed by atoms with E-state index in [1.165, 1.54) is 0 Å². The number of nitrogens with one attached hydrogen (secondary N) is 1.